The molecular formula is C12H20O2. The summed E-state index contributed by atoms with van der Waals surface area (Å²) < 4.78 is 9.65. The Morgan fingerprint density at radius 3 is 1.71 bits per heavy atom. The van der Waals surface area contributed by atoms with Gasteiger partial charge in [0.2, 0.25) is 0 Å². The van der Waals surface area contributed by atoms with Crippen molar-refractivity contribution < 1.29 is 9.47 Å². The monoisotopic (exact) mass is 196 g/mol. The van der Waals surface area contributed by atoms with Crippen molar-refractivity contribution in [2.75, 3.05) is 14.2 Å². The van der Waals surface area contributed by atoms with Gasteiger partial charge in [0.05, 0.1) is 0 Å². The van der Waals surface area contributed by atoms with Crippen LogP contribution in [0.4, 0.5) is 0 Å². The van der Waals surface area contributed by atoms with E-state index in [4.69, 9.17) is 9.47 Å². The molecule has 0 spiro atoms. The molecule has 0 atom stereocenters. The topological polar surface area (TPSA) is 18.5 Å². The maximum absolute atomic E-state index is 4.83. The van der Waals surface area contributed by atoms with Gasteiger partial charge >= 0.3 is 0 Å². The molecule has 0 N–H and O–H groups in total. The zero-order chi connectivity index (χ0) is 10.8. The second-order valence-corrected chi connectivity index (χ2v) is 2.96. The second kappa shape index (κ2) is 8.73. The van der Waals surface area contributed by atoms with E-state index in [2.05, 4.69) is 19.1 Å². The summed E-state index contributed by atoms with van der Waals surface area (Å²) in [6.45, 7) is 4.09. The molecule has 0 saturated heterocycles. The third kappa shape index (κ3) is 6.63. The molecule has 2 heteroatoms. The molecule has 0 radical (unpaired) electrons. The molecule has 0 amide bonds. The van der Waals surface area contributed by atoms with Crippen LogP contribution in [0.5, 0.6) is 0 Å². The molecule has 2 nitrogen and oxygen atoms in total. The zero-order valence-corrected chi connectivity index (χ0v) is 9.49. The fraction of sp³-hybridized carbons (Fsp3) is 0.500. The van der Waals surface area contributed by atoms with E-state index in [1.54, 1.807) is 14.2 Å². The van der Waals surface area contributed by atoms with Crippen molar-refractivity contribution in [3.63, 3.8) is 0 Å². The summed E-state index contributed by atoms with van der Waals surface area (Å²) in [6.07, 6.45) is 0.896. The summed E-state index contributed by atoms with van der Waals surface area (Å²) in [4.78, 5) is 0. The van der Waals surface area contributed by atoms with Gasteiger partial charge < -0.3 is 9.47 Å². The molecule has 0 aliphatic carbocycles. The van der Waals surface area contributed by atoms with Gasteiger partial charge in [-0.3, -0.25) is 0 Å². The lowest BCUT2D eigenvalue weighted by Crippen LogP contribution is -2.10. The Morgan fingerprint density at radius 2 is 1.57 bits per heavy atom. The van der Waals surface area contributed by atoms with Gasteiger partial charge in [-0.25, -0.2) is 0 Å². The number of methoxy groups -OCH3 is 2. The first kappa shape index (κ1) is 13.1. The molecule has 0 saturated carbocycles. The first-order valence-electron chi connectivity index (χ1n) is 4.81. The van der Waals surface area contributed by atoms with Gasteiger partial charge in [0.25, 0.3) is 0 Å². The zero-order valence-electron chi connectivity index (χ0n) is 9.49. The van der Waals surface area contributed by atoms with Crippen LogP contribution in [0.25, 0.3) is 0 Å². The lowest BCUT2D eigenvalue weighted by molar-refractivity contribution is -0.103. The molecule has 0 heterocycles. The van der Waals surface area contributed by atoms with Crippen molar-refractivity contribution in [1.82, 2.24) is 0 Å². The predicted molar refractivity (Wildman–Crippen MR) is 59.3 cm³/mol. The average molecular weight is 196 g/mol. The van der Waals surface area contributed by atoms with E-state index in [0.717, 1.165) is 6.42 Å². The minimum Gasteiger partial charge on any atom is -0.356 e. The van der Waals surface area contributed by atoms with Crippen molar-refractivity contribution in [3.05, 3.63) is 35.9 Å². The van der Waals surface area contributed by atoms with Crippen LogP contribution < -0.4 is 0 Å². The quantitative estimate of drug-likeness (QED) is 0.692. The molecule has 14 heavy (non-hydrogen) atoms. The van der Waals surface area contributed by atoms with Crippen molar-refractivity contribution in [2.45, 2.75) is 26.6 Å². The molecule has 1 aromatic carbocycles. The molecule has 80 valence electrons. The third-order valence-corrected chi connectivity index (χ3v) is 1.80. The number of rotatable bonds is 3. The van der Waals surface area contributed by atoms with E-state index >= 15 is 0 Å². The van der Waals surface area contributed by atoms with E-state index in [1.165, 1.54) is 5.56 Å². The highest BCUT2D eigenvalue weighted by Gasteiger charge is 1.96. The third-order valence-electron chi connectivity index (χ3n) is 1.80. The van der Waals surface area contributed by atoms with Crippen LogP contribution in [0, 0.1) is 6.92 Å². The standard InChI is InChI=1S/C7H8.C5H12O2/c1-7-5-3-2-4-6-7;1-4-5(6-2)7-3/h2-6H,1H3;5H,4H2,1-3H3. The van der Waals surface area contributed by atoms with Crippen molar-refractivity contribution >= 4 is 0 Å². The SMILES string of the molecule is CCC(OC)OC.Cc1ccccc1. The Bertz CT molecular complexity index is 199. The Labute approximate surface area is 86.9 Å². The van der Waals surface area contributed by atoms with Gasteiger partial charge in [0, 0.05) is 14.2 Å². The summed E-state index contributed by atoms with van der Waals surface area (Å²) in [5.74, 6) is 0. The first-order chi connectivity index (χ1) is 6.74. The number of benzene rings is 1. The maximum Gasteiger partial charge on any atom is 0.156 e. The van der Waals surface area contributed by atoms with Crippen LogP contribution in [0.3, 0.4) is 0 Å². The smallest absolute Gasteiger partial charge is 0.156 e. The van der Waals surface area contributed by atoms with Crippen LogP contribution in [0.1, 0.15) is 18.9 Å². The van der Waals surface area contributed by atoms with Crippen LogP contribution in [-0.2, 0) is 9.47 Å². The van der Waals surface area contributed by atoms with E-state index in [0.29, 0.717) is 0 Å². The van der Waals surface area contributed by atoms with Crippen molar-refractivity contribution in [1.29, 1.82) is 0 Å². The van der Waals surface area contributed by atoms with Crippen LogP contribution >= 0.6 is 0 Å². The Hall–Kier alpha value is -0.860. The van der Waals surface area contributed by atoms with Crippen LogP contribution in [-0.4, -0.2) is 20.5 Å². The van der Waals surface area contributed by atoms with E-state index in [1.807, 2.05) is 25.1 Å². The Kier molecular flexibility index (Phi) is 8.19. The molecule has 0 unspecified atom stereocenters. The molecule has 0 aromatic heterocycles. The summed E-state index contributed by atoms with van der Waals surface area (Å²) in [5.41, 5.74) is 1.32. The van der Waals surface area contributed by atoms with E-state index in [-0.39, 0.29) is 6.29 Å². The maximum atomic E-state index is 4.83. The Balaban J connectivity index is 0.000000241. The molecule has 0 fully saturated rings. The number of hydrogen-bond acceptors (Lipinski definition) is 2. The van der Waals surface area contributed by atoms with E-state index < -0.39 is 0 Å². The summed E-state index contributed by atoms with van der Waals surface area (Å²) >= 11 is 0. The summed E-state index contributed by atoms with van der Waals surface area (Å²) in [5, 5.41) is 0. The first-order valence-corrected chi connectivity index (χ1v) is 4.81. The molecular weight excluding hydrogens is 176 g/mol. The van der Waals surface area contributed by atoms with Crippen molar-refractivity contribution in [3.8, 4) is 0 Å². The van der Waals surface area contributed by atoms with Gasteiger partial charge in [-0.2, -0.15) is 0 Å². The molecule has 0 aliphatic heterocycles. The largest absolute Gasteiger partial charge is 0.356 e. The van der Waals surface area contributed by atoms with Gasteiger partial charge in [0.1, 0.15) is 0 Å². The van der Waals surface area contributed by atoms with Gasteiger partial charge in [-0.05, 0) is 13.3 Å². The number of ether oxygens (including phenoxy) is 2. The highest BCUT2D eigenvalue weighted by molar-refractivity contribution is 5.11. The summed E-state index contributed by atoms with van der Waals surface area (Å²) in [6, 6.07) is 10.3. The van der Waals surface area contributed by atoms with Gasteiger partial charge in [-0.15, -0.1) is 0 Å². The molecule has 1 aromatic rings. The second-order valence-electron chi connectivity index (χ2n) is 2.96. The van der Waals surface area contributed by atoms with E-state index in [9.17, 15) is 0 Å². The predicted octanol–water partition coefficient (Wildman–Crippen LogP) is 3.01. The number of hydrogen-bond donors (Lipinski definition) is 0. The lowest BCUT2D eigenvalue weighted by Gasteiger charge is -2.08. The molecule has 0 bridgehead atoms. The molecule has 1 rings (SSSR count). The fourth-order valence-electron chi connectivity index (χ4n) is 0.964. The van der Waals surface area contributed by atoms with Crippen molar-refractivity contribution in [2.24, 2.45) is 0 Å². The van der Waals surface area contributed by atoms with Crippen LogP contribution in [0.15, 0.2) is 30.3 Å². The normalized spacial score (nSPS) is 9.50. The lowest BCUT2D eigenvalue weighted by atomic mass is 10.2. The molecule has 0 aliphatic rings. The minimum atomic E-state index is -0.0139. The van der Waals surface area contributed by atoms with Crippen LogP contribution in [0.2, 0.25) is 0 Å². The number of aryl methyl sites for hydroxylation is 1. The fourth-order valence-corrected chi connectivity index (χ4v) is 0.964. The average Bonchev–Trinajstić information content (AvgIpc) is 2.22. The highest BCUT2D eigenvalue weighted by Crippen LogP contribution is 1.93. The van der Waals surface area contributed by atoms with Gasteiger partial charge in [0.15, 0.2) is 6.29 Å². The Morgan fingerprint density at radius 1 is 1.07 bits per heavy atom. The summed E-state index contributed by atoms with van der Waals surface area (Å²) in [7, 11) is 3.27. The van der Waals surface area contributed by atoms with Gasteiger partial charge in [-0.1, -0.05) is 42.8 Å². The minimum absolute atomic E-state index is 0.0139. The highest BCUT2D eigenvalue weighted by atomic mass is 16.7.